The molecular formula is C12H12ClN5O5. The monoisotopic (exact) mass is 341 g/mol. The van der Waals surface area contributed by atoms with Crippen LogP contribution in [0.2, 0.25) is 5.02 Å². The van der Waals surface area contributed by atoms with E-state index in [2.05, 4.69) is 15.4 Å². The van der Waals surface area contributed by atoms with Crippen LogP contribution in [0, 0.1) is 10.1 Å². The summed E-state index contributed by atoms with van der Waals surface area (Å²) in [6.45, 7) is -0.255. The molecule has 122 valence electrons. The van der Waals surface area contributed by atoms with E-state index in [-0.39, 0.29) is 6.54 Å². The lowest BCUT2D eigenvalue weighted by Gasteiger charge is -2.12. The summed E-state index contributed by atoms with van der Waals surface area (Å²) in [5.74, 6) is -0.358. The van der Waals surface area contributed by atoms with Crippen molar-refractivity contribution in [2.45, 2.75) is 6.54 Å². The molecule has 1 aromatic heterocycles. The van der Waals surface area contributed by atoms with Gasteiger partial charge in [0.05, 0.1) is 24.9 Å². The lowest BCUT2D eigenvalue weighted by Crippen LogP contribution is -2.19. The number of amides is 1. The molecule has 1 amide bonds. The van der Waals surface area contributed by atoms with E-state index >= 15 is 0 Å². The standard InChI is InChI=1S/C12H12ClN5O5/c1-22-9-4-8(10(23-2)3-7(9)13)15-11(19)5-17-6-14-12(16-17)18(20)21/h3-4,6H,5H2,1-2H3,(H,15,19). The molecule has 1 N–H and O–H groups in total. The molecule has 0 atom stereocenters. The summed E-state index contributed by atoms with van der Waals surface area (Å²) in [5.41, 5.74) is 0.341. The number of carbonyl (C=O) groups excluding carboxylic acids is 1. The van der Waals surface area contributed by atoms with Crippen LogP contribution in [0.3, 0.4) is 0 Å². The first-order chi connectivity index (χ1) is 10.9. The first-order valence-corrected chi connectivity index (χ1v) is 6.57. The van der Waals surface area contributed by atoms with Crippen LogP contribution in [0.25, 0.3) is 0 Å². The third-order valence-corrected chi connectivity index (χ3v) is 3.04. The highest BCUT2D eigenvalue weighted by Crippen LogP contribution is 2.35. The quantitative estimate of drug-likeness (QED) is 0.624. The fraction of sp³-hybridized carbons (Fsp3) is 0.250. The van der Waals surface area contributed by atoms with E-state index in [0.29, 0.717) is 22.2 Å². The molecule has 1 aromatic carbocycles. The largest absolute Gasteiger partial charge is 0.495 e. The first-order valence-electron chi connectivity index (χ1n) is 6.19. The van der Waals surface area contributed by atoms with Crippen molar-refractivity contribution < 1.29 is 19.2 Å². The zero-order chi connectivity index (χ0) is 17.0. The molecule has 2 rings (SSSR count). The fourth-order valence-corrected chi connectivity index (χ4v) is 1.97. The Labute approximate surface area is 135 Å². The number of rotatable bonds is 6. The number of nitrogens with zero attached hydrogens (tertiary/aromatic N) is 4. The highest BCUT2D eigenvalue weighted by molar-refractivity contribution is 6.32. The molecule has 0 bridgehead atoms. The molecule has 0 aliphatic rings. The number of nitro groups is 1. The molecule has 1 heterocycles. The lowest BCUT2D eigenvalue weighted by atomic mass is 10.2. The Morgan fingerprint density at radius 1 is 1.39 bits per heavy atom. The molecule has 10 nitrogen and oxygen atoms in total. The number of nitrogens with one attached hydrogen (secondary N) is 1. The Morgan fingerprint density at radius 3 is 2.65 bits per heavy atom. The number of hydrogen-bond acceptors (Lipinski definition) is 7. The second-order valence-corrected chi connectivity index (χ2v) is 4.64. The molecule has 0 radical (unpaired) electrons. The molecule has 0 aliphatic carbocycles. The van der Waals surface area contributed by atoms with E-state index in [9.17, 15) is 14.9 Å². The highest BCUT2D eigenvalue weighted by atomic mass is 35.5. The molecule has 0 saturated heterocycles. The van der Waals surface area contributed by atoms with Crippen LogP contribution in [0.15, 0.2) is 18.5 Å². The van der Waals surface area contributed by atoms with Gasteiger partial charge >= 0.3 is 5.95 Å². The Morgan fingerprint density at radius 2 is 2.09 bits per heavy atom. The SMILES string of the molecule is COc1cc(NC(=O)Cn2cnc([N+](=O)[O-])n2)c(OC)cc1Cl. The van der Waals surface area contributed by atoms with Gasteiger partial charge in [0.1, 0.15) is 18.0 Å². The maximum absolute atomic E-state index is 12.0. The van der Waals surface area contributed by atoms with Gasteiger partial charge in [-0.2, -0.15) is 4.68 Å². The molecule has 0 aliphatic heterocycles. The van der Waals surface area contributed by atoms with Crippen molar-refractivity contribution >= 4 is 29.1 Å². The number of hydrogen-bond donors (Lipinski definition) is 1. The maximum atomic E-state index is 12.0. The Balaban J connectivity index is 2.14. The minimum Gasteiger partial charge on any atom is -0.495 e. The van der Waals surface area contributed by atoms with Crippen LogP contribution >= 0.6 is 11.6 Å². The van der Waals surface area contributed by atoms with Gasteiger partial charge in [-0.1, -0.05) is 16.6 Å². The Bertz CT molecular complexity index is 747. The number of halogens is 1. The number of carbonyl (C=O) groups is 1. The van der Waals surface area contributed by atoms with Crippen LogP contribution in [-0.4, -0.2) is 39.8 Å². The summed E-state index contributed by atoms with van der Waals surface area (Å²) < 4.78 is 11.3. The zero-order valence-corrected chi connectivity index (χ0v) is 12.9. The van der Waals surface area contributed by atoms with E-state index < -0.39 is 16.8 Å². The van der Waals surface area contributed by atoms with Crippen LogP contribution < -0.4 is 14.8 Å². The maximum Gasteiger partial charge on any atom is 0.490 e. The van der Waals surface area contributed by atoms with Gasteiger partial charge in [-0.3, -0.25) is 4.79 Å². The van der Waals surface area contributed by atoms with Gasteiger partial charge < -0.3 is 24.9 Å². The number of anilines is 1. The second-order valence-electron chi connectivity index (χ2n) is 4.23. The molecule has 0 fully saturated rings. The molecule has 0 spiro atoms. The van der Waals surface area contributed by atoms with E-state index in [0.717, 1.165) is 11.0 Å². The molecule has 2 aromatic rings. The van der Waals surface area contributed by atoms with Crippen molar-refractivity contribution in [2.24, 2.45) is 0 Å². The zero-order valence-electron chi connectivity index (χ0n) is 12.1. The average Bonchev–Trinajstić information content (AvgIpc) is 2.97. The molecule has 0 unspecified atom stereocenters. The number of ether oxygens (including phenoxy) is 2. The number of benzene rings is 1. The molecule has 23 heavy (non-hydrogen) atoms. The highest BCUT2D eigenvalue weighted by Gasteiger charge is 2.17. The Kier molecular flexibility index (Phi) is 4.96. The number of methoxy groups -OCH3 is 2. The van der Waals surface area contributed by atoms with Crippen LogP contribution in [0.1, 0.15) is 0 Å². The topological polar surface area (TPSA) is 121 Å². The van der Waals surface area contributed by atoms with E-state index in [1.807, 2.05) is 0 Å². The average molecular weight is 342 g/mol. The van der Waals surface area contributed by atoms with E-state index in [1.165, 1.54) is 26.4 Å². The third-order valence-electron chi connectivity index (χ3n) is 2.74. The van der Waals surface area contributed by atoms with Crippen molar-refractivity contribution in [3.8, 4) is 11.5 Å². The summed E-state index contributed by atoms with van der Waals surface area (Å²) in [6.07, 6.45) is 1.09. The van der Waals surface area contributed by atoms with Gasteiger partial charge in [0.25, 0.3) is 0 Å². The number of aromatic nitrogens is 3. The summed E-state index contributed by atoms with van der Waals surface area (Å²) in [6, 6.07) is 3.00. The first kappa shape index (κ1) is 16.5. The minimum atomic E-state index is -0.749. The smallest absolute Gasteiger partial charge is 0.490 e. The normalized spacial score (nSPS) is 10.2. The van der Waals surface area contributed by atoms with Crippen molar-refractivity contribution in [2.75, 3.05) is 19.5 Å². The molecular weight excluding hydrogens is 330 g/mol. The van der Waals surface area contributed by atoms with Crippen molar-refractivity contribution in [1.29, 1.82) is 0 Å². The van der Waals surface area contributed by atoms with E-state index in [4.69, 9.17) is 21.1 Å². The van der Waals surface area contributed by atoms with Crippen molar-refractivity contribution in [3.05, 3.63) is 33.6 Å². The minimum absolute atomic E-state index is 0.255. The summed E-state index contributed by atoms with van der Waals surface area (Å²) in [7, 11) is 2.86. The van der Waals surface area contributed by atoms with Gasteiger partial charge in [-0.15, -0.1) is 0 Å². The van der Waals surface area contributed by atoms with Crippen molar-refractivity contribution in [1.82, 2.24) is 14.8 Å². The Hall–Kier alpha value is -2.88. The van der Waals surface area contributed by atoms with Crippen LogP contribution in [0.5, 0.6) is 11.5 Å². The third kappa shape index (κ3) is 3.86. The van der Waals surface area contributed by atoms with Crippen LogP contribution in [-0.2, 0) is 11.3 Å². The lowest BCUT2D eigenvalue weighted by molar-refractivity contribution is -0.394. The van der Waals surface area contributed by atoms with Gasteiger partial charge in [-0.25, -0.2) is 0 Å². The van der Waals surface area contributed by atoms with Crippen molar-refractivity contribution in [3.63, 3.8) is 0 Å². The predicted octanol–water partition coefficient (Wildman–Crippen LogP) is 1.50. The van der Waals surface area contributed by atoms with Gasteiger partial charge in [0.2, 0.25) is 12.2 Å². The molecule has 0 saturated carbocycles. The molecule has 11 heteroatoms. The summed E-state index contributed by atoms with van der Waals surface area (Å²) in [4.78, 5) is 25.2. The predicted molar refractivity (Wildman–Crippen MR) is 79.9 cm³/mol. The van der Waals surface area contributed by atoms with Crippen LogP contribution in [0.4, 0.5) is 11.6 Å². The second kappa shape index (κ2) is 6.92. The summed E-state index contributed by atoms with van der Waals surface area (Å²) >= 11 is 5.98. The summed E-state index contributed by atoms with van der Waals surface area (Å²) in [5, 5.41) is 17.0. The van der Waals surface area contributed by atoms with Gasteiger partial charge in [-0.05, 0) is 4.92 Å². The van der Waals surface area contributed by atoms with Gasteiger partial charge in [0, 0.05) is 17.2 Å². The van der Waals surface area contributed by atoms with E-state index in [1.54, 1.807) is 0 Å². The van der Waals surface area contributed by atoms with Gasteiger partial charge in [0.15, 0.2) is 0 Å². The fourth-order valence-electron chi connectivity index (χ4n) is 1.74.